The summed E-state index contributed by atoms with van der Waals surface area (Å²) in [6, 6.07) is 5.52. The second-order valence-corrected chi connectivity index (χ2v) is 4.56. The van der Waals surface area contributed by atoms with E-state index in [1.807, 2.05) is 0 Å². The quantitative estimate of drug-likeness (QED) is 0.821. The van der Waals surface area contributed by atoms with Gasteiger partial charge in [0.05, 0.1) is 5.56 Å². The zero-order valence-corrected chi connectivity index (χ0v) is 10.3. The van der Waals surface area contributed by atoms with Crippen LogP contribution in [-0.4, -0.2) is 13.1 Å². The van der Waals surface area contributed by atoms with Gasteiger partial charge in [0.15, 0.2) is 0 Å². The fraction of sp³-hybridized carbons (Fsp3) is 0.500. The molecule has 0 bridgehead atoms. The molecule has 0 aliphatic carbocycles. The van der Waals surface area contributed by atoms with Crippen LogP contribution >= 0.6 is 12.4 Å². The van der Waals surface area contributed by atoms with Gasteiger partial charge in [0.25, 0.3) is 0 Å². The number of rotatable bonds is 1. The predicted octanol–water partition coefficient (Wildman–Crippen LogP) is 3.38. The Bertz CT molecular complexity index is 366. The summed E-state index contributed by atoms with van der Waals surface area (Å²) in [5, 5.41) is 3.23. The van der Waals surface area contributed by atoms with E-state index < -0.39 is 11.7 Å². The molecule has 1 unspecified atom stereocenters. The number of nitrogens with one attached hydrogen (secondary N) is 1. The van der Waals surface area contributed by atoms with Crippen molar-refractivity contribution in [3.05, 3.63) is 35.4 Å². The molecule has 0 radical (unpaired) electrons. The molecule has 0 aromatic heterocycles. The summed E-state index contributed by atoms with van der Waals surface area (Å²) in [4.78, 5) is 0. The van der Waals surface area contributed by atoms with Crippen molar-refractivity contribution in [3.8, 4) is 0 Å². The van der Waals surface area contributed by atoms with E-state index >= 15 is 0 Å². The van der Waals surface area contributed by atoms with Crippen molar-refractivity contribution in [3.63, 3.8) is 0 Å². The van der Waals surface area contributed by atoms with E-state index in [1.165, 1.54) is 12.1 Å². The monoisotopic (exact) mass is 265 g/mol. The van der Waals surface area contributed by atoms with Gasteiger partial charge < -0.3 is 5.32 Å². The maximum atomic E-state index is 12.4. The topological polar surface area (TPSA) is 12.0 Å². The normalized spacial score (nSPS) is 24.5. The minimum absolute atomic E-state index is 0. The van der Waals surface area contributed by atoms with Crippen molar-refractivity contribution >= 4 is 12.4 Å². The molecule has 1 atom stereocenters. The highest BCUT2D eigenvalue weighted by molar-refractivity contribution is 5.85. The van der Waals surface area contributed by atoms with Crippen LogP contribution < -0.4 is 5.32 Å². The van der Waals surface area contributed by atoms with Crippen LogP contribution in [0.2, 0.25) is 0 Å². The molecular formula is C12H15ClF3N. The van der Waals surface area contributed by atoms with Gasteiger partial charge >= 0.3 is 6.18 Å². The number of alkyl halides is 3. The highest BCUT2D eigenvalue weighted by Gasteiger charge is 2.33. The standard InChI is InChI=1S/C12H14F3N.ClH/c1-11(6-7-16-8-11)9-2-4-10(5-3-9)12(13,14)15;/h2-5,16H,6-8H2,1H3;1H. The summed E-state index contributed by atoms with van der Waals surface area (Å²) in [5.74, 6) is 0. The zero-order chi connectivity index (χ0) is 11.8. The van der Waals surface area contributed by atoms with Crippen LogP contribution in [0.3, 0.4) is 0 Å². The molecule has 2 rings (SSSR count). The summed E-state index contributed by atoms with van der Waals surface area (Å²) in [5.41, 5.74) is 0.376. The van der Waals surface area contributed by atoms with Gasteiger partial charge in [-0.15, -0.1) is 12.4 Å². The highest BCUT2D eigenvalue weighted by atomic mass is 35.5. The smallest absolute Gasteiger partial charge is 0.316 e. The Morgan fingerprint density at radius 1 is 1.18 bits per heavy atom. The van der Waals surface area contributed by atoms with Crippen LogP contribution in [0, 0.1) is 0 Å². The molecule has 1 aromatic carbocycles. The van der Waals surface area contributed by atoms with E-state index in [0.29, 0.717) is 0 Å². The average Bonchev–Trinajstić information content (AvgIpc) is 2.66. The van der Waals surface area contributed by atoms with Crippen LogP contribution in [0.15, 0.2) is 24.3 Å². The van der Waals surface area contributed by atoms with Crippen LogP contribution in [0.5, 0.6) is 0 Å². The minimum Gasteiger partial charge on any atom is -0.316 e. The molecule has 1 heterocycles. The molecule has 0 amide bonds. The summed E-state index contributed by atoms with van der Waals surface area (Å²) in [6.07, 6.45) is -3.27. The van der Waals surface area contributed by atoms with Gasteiger partial charge in [-0.3, -0.25) is 0 Å². The first kappa shape index (κ1) is 14.3. The number of hydrogen-bond donors (Lipinski definition) is 1. The fourth-order valence-corrected chi connectivity index (χ4v) is 2.12. The third-order valence-electron chi connectivity index (χ3n) is 3.28. The van der Waals surface area contributed by atoms with Crippen molar-refractivity contribution in [1.82, 2.24) is 5.32 Å². The van der Waals surface area contributed by atoms with Gasteiger partial charge in [0, 0.05) is 12.0 Å². The summed E-state index contributed by atoms with van der Waals surface area (Å²) in [7, 11) is 0. The molecule has 0 spiro atoms. The van der Waals surface area contributed by atoms with E-state index in [0.717, 1.165) is 25.1 Å². The molecule has 1 fully saturated rings. The molecule has 17 heavy (non-hydrogen) atoms. The van der Waals surface area contributed by atoms with E-state index in [9.17, 15) is 13.2 Å². The minimum atomic E-state index is -4.24. The Labute approximate surface area is 105 Å². The van der Waals surface area contributed by atoms with Gasteiger partial charge in [-0.1, -0.05) is 19.1 Å². The maximum absolute atomic E-state index is 12.4. The third-order valence-corrected chi connectivity index (χ3v) is 3.28. The molecule has 1 nitrogen and oxygen atoms in total. The molecule has 1 aromatic rings. The zero-order valence-electron chi connectivity index (χ0n) is 9.47. The average molecular weight is 266 g/mol. The summed E-state index contributed by atoms with van der Waals surface area (Å²) in [6.45, 7) is 3.84. The Balaban J connectivity index is 0.00000144. The lowest BCUT2D eigenvalue weighted by molar-refractivity contribution is -0.137. The Kier molecular flexibility index (Phi) is 4.10. The lowest BCUT2D eigenvalue weighted by Gasteiger charge is -2.23. The van der Waals surface area contributed by atoms with Gasteiger partial charge in [-0.2, -0.15) is 13.2 Å². The van der Waals surface area contributed by atoms with Crippen LogP contribution in [0.4, 0.5) is 13.2 Å². The lowest BCUT2D eigenvalue weighted by atomic mass is 9.81. The van der Waals surface area contributed by atoms with Gasteiger partial charge in [0.1, 0.15) is 0 Å². The second kappa shape index (κ2) is 4.86. The van der Waals surface area contributed by atoms with Crippen LogP contribution in [-0.2, 0) is 11.6 Å². The van der Waals surface area contributed by atoms with Crippen LogP contribution in [0.25, 0.3) is 0 Å². The van der Waals surface area contributed by atoms with E-state index in [2.05, 4.69) is 12.2 Å². The fourth-order valence-electron chi connectivity index (χ4n) is 2.12. The Morgan fingerprint density at radius 2 is 1.76 bits per heavy atom. The van der Waals surface area contributed by atoms with E-state index in [1.54, 1.807) is 12.1 Å². The molecule has 0 saturated carbocycles. The first-order valence-electron chi connectivity index (χ1n) is 5.30. The largest absolute Gasteiger partial charge is 0.416 e. The summed E-state index contributed by atoms with van der Waals surface area (Å²) < 4.78 is 37.1. The number of hydrogen-bond acceptors (Lipinski definition) is 1. The third kappa shape index (κ3) is 2.93. The molecule has 1 aliphatic rings. The van der Waals surface area contributed by atoms with Gasteiger partial charge in [-0.05, 0) is 30.7 Å². The van der Waals surface area contributed by atoms with Crippen molar-refractivity contribution < 1.29 is 13.2 Å². The van der Waals surface area contributed by atoms with Crippen molar-refractivity contribution in [1.29, 1.82) is 0 Å². The van der Waals surface area contributed by atoms with Crippen LogP contribution in [0.1, 0.15) is 24.5 Å². The first-order valence-corrected chi connectivity index (χ1v) is 5.30. The molecular weight excluding hydrogens is 251 g/mol. The van der Waals surface area contributed by atoms with Crippen molar-refractivity contribution in [2.45, 2.75) is 24.9 Å². The number of halogens is 4. The SMILES string of the molecule is CC1(c2ccc(C(F)(F)F)cc2)CCNC1.Cl. The van der Waals surface area contributed by atoms with E-state index in [4.69, 9.17) is 0 Å². The number of benzene rings is 1. The van der Waals surface area contributed by atoms with E-state index in [-0.39, 0.29) is 17.8 Å². The van der Waals surface area contributed by atoms with Crippen molar-refractivity contribution in [2.75, 3.05) is 13.1 Å². The Morgan fingerprint density at radius 3 is 2.18 bits per heavy atom. The van der Waals surface area contributed by atoms with Gasteiger partial charge in [0.2, 0.25) is 0 Å². The molecule has 5 heteroatoms. The predicted molar refractivity (Wildman–Crippen MR) is 63.5 cm³/mol. The molecule has 96 valence electrons. The molecule has 1 aliphatic heterocycles. The molecule has 1 N–H and O–H groups in total. The van der Waals surface area contributed by atoms with Crippen molar-refractivity contribution in [2.24, 2.45) is 0 Å². The Hall–Kier alpha value is -0.740. The summed E-state index contributed by atoms with van der Waals surface area (Å²) >= 11 is 0. The first-order chi connectivity index (χ1) is 7.42. The second-order valence-electron chi connectivity index (χ2n) is 4.56. The maximum Gasteiger partial charge on any atom is 0.416 e. The van der Waals surface area contributed by atoms with Gasteiger partial charge in [-0.25, -0.2) is 0 Å². The molecule has 1 saturated heterocycles. The lowest BCUT2D eigenvalue weighted by Crippen LogP contribution is -2.24. The highest BCUT2D eigenvalue weighted by Crippen LogP contribution is 2.33.